The molecule has 1 amide bonds. The largest absolute Gasteiger partial charge is 0.473 e. The minimum absolute atomic E-state index is 0.166. The minimum Gasteiger partial charge on any atom is -0.473 e. The fourth-order valence-electron chi connectivity index (χ4n) is 3.82. The molecule has 4 rings (SSSR count). The van der Waals surface area contributed by atoms with Crippen molar-refractivity contribution in [3.8, 4) is 5.88 Å². The number of carbonyl (C=O) groups excluding carboxylic acids is 1. The zero-order valence-electron chi connectivity index (χ0n) is 19.3. The van der Waals surface area contributed by atoms with Crippen molar-refractivity contribution in [3.63, 3.8) is 0 Å². The Bertz CT molecular complexity index is 1210. The number of pyridine rings is 1. The first-order chi connectivity index (χ1) is 16.1. The number of amides is 1. The van der Waals surface area contributed by atoms with E-state index in [0.29, 0.717) is 37.1 Å². The summed E-state index contributed by atoms with van der Waals surface area (Å²) >= 11 is 0. The monoisotopic (exact) mass is 438 g/mol. The maximum atomic E-state index is 12.8. The molecule has 3 aromatic carbocycles. The van der Waals surface area contributed by atoms with Gasteiger partial charge in [-0.05, 0) is 52.3 Å². The van der Waals surface area contributed by atoms with Crippen LogP contribution in [0.2, 0.25) is 0 Å². The van der Waals surface area contributed by atoms with Gasteiger partial charge in [-0.1, -0.05) is 86.6 Å². The van der Waals surface area contributed by atoms with Gasteiger partial charge in [0.1, 0.15) is 12.3 Å². The third kappa shape index (κ3) is 6.19. The van der Waals surface area contributed by atoms with E-state index in [1.54, 1.807) is 0 Å². The fraction of sp³-hybridized carbons (Fsp3) is 0.241. The van der Waals surface area contributed by atoms with Crippen molar-refractivity contribution in [1.29, 1.82) is 0 Å². The molecule has 4 heteroatoms. The summed E-state index contributed by atoms with van der Waals surface area (Å²) in [6.45, 7) is 5.30. The molecule has 0 spiro atoms. The molecule has 1 N–H and O–H groups in total. The number of nitrogens with zero attached hydrogens (tertiary/aromatic N) is 1. The molecular weight excluding hydrogens is 408 g/mol. The Morgan fingerprint density at radius 1 is 0.909 bits per heavy atom. The molecule has 33 heavy (non-hydrogen) atoms. The molecule has 0 aliphatic heterocycles. The van der Waals surface area contributed by atoms with Crippen LogP contribution in [0.4, 0.5) is 0 Å². The normalized spacial score (nSPS) is 11.0. The highest BCUT2D eigenvalue weighted by molar-refractivity contribution is 5.92. The molecule has 4 nitrogen and oxygen atoms in total. The third-order valence-electron chi connectivity index (χ3n) is 5.61. The van der Waals surface area contributed by atoms with Crippen molar-refractivity contribution in [2.45, 2.75) is 33.3 Å². The molecule has 0 radical (unpaired) electrons. The number of hydrogen-bond donors (Lipinski definition) is 1. The van der Waals surface area contributed by atoms with Crippen molar-refractivity contribution in [1.82, 2.24) is 10.3 Å². The van der Waals surface area contributed by atoms with Crippen LogP contribution in [-0.2, 0) is 13.0 Å². The lowest BCUT2D eigenvalue weighted by molar-refractivity contribution is 0.0945. The second kappa shape index (κ2) is 10.8. The van der Waals surface area contributed by atoms with Crippen molar-refractivity contribution in [2.75, 3.05) is 6.54 Å². The van der Waals surface area contributed by atoms with Crippen LogP contribution in [0, 0.1) is 5.92 Å². The highest BCUT2D eigenvalue weighted by Crippen LogP contribution is 2.22. The maximum absolute atomic E-state index is 12.8. The average Bonchev–Trinajstić information content (AvgIpc) is 2.83. The summed E-state index contributed by atoms with van der Waals surface area (Å²) in [7, 11) is 0. The molecule has 0 fully saturated rings. The Kier molecular flexibility index (Phi) is 7.36. The summed E-state index contributed by atoms with van der Waals surface area (Å²) in [6, 6.07) is 28.5. The lowest BCUT2D eigenvalue weighted by Crippen LogP contribution is -2.26. The Hall–Kier alpha value is -3.66. The number of rotatable bonds is 9. The van der Waals surface area contributed by atoms with Gasteiger partial charge < -0.3 is 10.1 Å². The zero-order valence-corrected chi connectivity index (χ0v) is 19.3. The standard InChI is InChI=1S/C29H30N2O2/c1-21(2)15-16-30-29(32)27-18-23(17-22-9-4-3-5-10-22)19-28(31-27)33-20-25-13-8-12-24-11-6-7-14-26(24)25/h3-14,18-19,21H,15-17,20H2,1-2H3,(H,30,32). The van der Waals surface area contributed by atoms with E-state index in [9.17, 15) is 4.79 Å². The second-order valence-electron chi connectivity index (χ2n) is 8.73. The van der Waals surface area contributed by atoms with E-state index in [-0.39, 0.29) is 5.91 Å². The SMILES string of the molecule is CC(C)CCNC(=O)c1cc(Cc2ccccc2)cc(OCc2cccc3ccccc23)n1. The first-order valence-corrected chi connectivity index (χ1v) is 11.5. The van der Waals surface area contributed by atoms with Crippen LogP contribution in [0.1, 0.15) is 47.4 Å². The van der Waals surface area contributed by atoms with Crippen LogP contribution in [0.5, 0.6) is 5.88 Å². The molecule has 0 aliphatic rings. The van der Waals surface area contributed by atoms with E-state index in [1.807, 2.05) is 48.5 Å². The topological polar surface area (TPSA) is 51.2 Å². The Labute approximate surface area is 195 Å². The van der Waals surface area contributed by atoms with E-state index >= 15 is 0 Å². The molecule has 0 unspecified atom stereocenters. The quantitative estimate of drug-likeness (QED) is 0.339. The summed E-state index contributed by atoms with van der Waals surface area (Å²) < 4.78 is 6.12. The predicted octanol–water partition coefficient (Wildman–Crippen LogP) is 6.18. The number of carbonyl (C=O) groups is 1. The number of aromatic nitrogens is 1. The first kappa shape index (κ1) is 22.5. The Morgan fingerprint density at radius 2 is 1.67 bits per heavy atom. The van der Waals surface area contributed by atoms with Gasteiger partial charge in [0.25, 0.3) is 5.91 Å². The van der Waals surface area contributed by atoms with Gasteiger partial charge in [-0.3, -0.25) is 4.79 Å². The van der Waals surface area contributed by atoms with Crippen LogP contribution >= 0.6 is 0 Å². The molecule has 168 valence electrons. The highest BCUT2D eigenvalue weighted by atomic mass is 16.5. The lowest BCUT2D eigenvalue weighted by Gasteiger charge is -2.12. The molecule has 0 aliphatic carbocycles. The number of nitrogens with one attached hydrogen (secondary N) is 1. The smallest absolute Gasteiger partial charge is 0.270 e. The summed E-state index contributed by atoms with van der Waals surface area (Å²) in [6.07, 6.45) is 1.64. The summed E-state index contributed by atoms with van der Waals surface area (Å²) in [5, 5.41) is 5.32. The first-order valence-electron chi connectivity index (χ1n) is 11.5. The van der Waals surface area contributed by atoms with Crippen molar-refractivity contribution < 1.29 is 9.53 Å². The summed E-state index contributed by atoms with van der Waals surface area (Å²) in [5.74, 6) is 0.827. The third-order valence-corrected chi connectivity index (χ3v) is 5.61. The van der Waals surface area contributed by atoms with Crippen LogP contribution in [0.25, 0.3) is 10.8 Å². The van der Waals surface area contributed by atoms with Gasteiger partial charge in [0.15, 0.2) is 0 Å². The van der Waals surface area contributed by atoms with Gasteiger partial charge in [0.05, 0.1) is 0 Å². The zero-order chi connectivity index (χ0) is 23.0. The Morgan fingerprint density at radius 3 is 2.48 bits per heavy atom. The van der Waals surface area contributed by atoms with E-state index in [4.69, 9.17) is 4.74 Å². The molecule has 0 saturated carbocycles. The van der Waals surface area contributed by atoms with Gasteiger partial charge in [-0.25, -0.2) is 4.98 Å². The number of benzene rings is 3. The molecule has 0 bridgehead atoms. The lowest BCUT2D eigenvalue weighted by atomic mass is 10.0. The number of fused-ring (bicyclic) bond motifs is 1. The summed E-state index contributed by atoms with van der Waals surface area (Å²) in [4.78, 5) is 17.3. The van der Waals surface area contributed by atoms with Gasteiger partial charge in [-0.2, -0.15) is 0 Å². The summed E-state index contributed by atoms with van der Waals surface area (Å²) in [5.41, 5.74) is 3.65. The molecule has 1 aromatic heterocycles. The van der Waals surface area contributed by atoms with Gasteiger partial charge in [-0.15, -0.1) is 0 Å². The van der Waals surface area contributed by atoms with E-state index in [1.165, 1.54) is 10.9 Å². The second-order valence-corrected chi connectivity index (χ2v) is 8.73. The maximum Gasteiger partial charge on any atom is 0.270 e. The molecule has 0 atom stereocenters. The number of ether oxygens (including phenoxy) is 1. The highest BCUT2D eigenvalue weighted by Gasteiger charge is 2.13. The van der Waals surface area contributed by atoms with Crippen molar-refractivity contribution in [2.24, 2.45) is 5.92 Å². The minimum atomic E-state index is -0.166. The van der Waals surface area contributed by atoms with Crippen LogP contribution in [0.15, 0.2) is 84.9 Å². The van der Waals surface area contributed by atoms with Crippen LogP contribution in [-0.4, -0.2) is 17.4 Å². The van der Waals surface area contributed by atoms with Crippen LogP contribution < -0.4 is 10.1 Å². The van der Waals surface area contributed by atoms with Gasteiger partial charge >= 0.3 is 0 Å². The number of hydrogen-bond acceptors (Lipinski definition) is 3. The fourth-order valence-corrected chi connectivity index (χ4v) is 3.82. The molecule has 0 saturated heterocycles. The van der Waals surface area contributed by atoms with Crippen molar-refractivity contribution >= 4 is 16.7 Å². The average molecular weight is 439 g/mol. The van der Waals surface area contributed by atoms with Gasteiger partial charge in [0, 0.05) is 12.6 Å². The molecular formula is C29H30N2O2. The van der Waals surface area contributed by atoms with E-state index in [0.717, 1.165) is 22.9 Å². The van der Waals surface area contributed by atoms with Crippen molar-refractivity contribution in [3.05, 3.63) is 107 Å². The van der Waals surface area contributed by atoms with Crippen LogP contribution in [0.3, 0.4) is 0 Å². The van der Waals surface area contributed by atoms with E-state index in [2.05, 4.69) is 60.5 Å². The molecule has 4 aromatic rings. The molecule has 1 heterocycles. The van der Waals surface area contributed by atoms with E-state index < -0.39 is 0 Å². The Balaban J connectivity index is 1.57. The van der Waals surface area contributed by atoms with Gasteiger partial charge in [0.2, 0.25) is 5.88 Å². The predicted molar refractivity (Wildman–Crippen MR) is 134 cm³/mol.